The van der Waals surface area contributed by atoms with Crippen molar-refractivity contribution in [2.75, 3.05) is 12.8 Å². The maximum atomic E-state index is 12.9. The SMILES string of the molecule is Cc1ccc(CN(C)C(=O)CSc2nc3sc(-c4ccccc4)cc3c(=O)n2C)cc1. The van der Waals surface area contributed by atoms with E-state index in [9.17, 15) is 9.59 Å². The topological polar surface area (TPSA) is 55.2 Å². The number of carbonyl (C=O) groups is 1. The van der Waals surface area contributed by atoms with E-state index in [1.165, 1.54) is 33.2 Å². The average molecular weight is 450 g/mol. The number of rotatable bonds is 6. The molecule has 0 saturated carbocycles. The molecule has 31 heavy (non-hydrogen) atoms. The Morgan fingerprint density at radius 2 is 1.84 bits per heavy atom. The van der Waals surface area contributed by atoms with Gasteiger partial charge in [0.25, 0.3) is 5.56 Å². The molecule has 0 unspecified atom stereocenters. The van der Waals surface area contributed by atoms with Crippen LogP contribution in [0.1, 0.15) is 11.1 Å². The van der Waals surface area contributed by atoms with Crippen molar-refractivity contribution in [2.45, 2.75) is 18.6 Å². The van der Waals surface area contributed by atoms with Crippen molar-refractivity contribution in [3.05, 3.63) is 82.1 Å². The standard InChI is InChI=1S/C24H23N3O2S2/c1-16-9-11-17(12-10-16)14-26(2)21(28)15-30-24-25-22-19(23(29)27(24)3)13-20(31-22)18-7-5-4-6-8-18/h4-13H,14-15H2,1-3H3. The Morgan fingerprint density at radius 3 is 2.55 bits per heavy atom. The number of fused-ring (bicyclic) bond motifs is 1. The van der Waals surface area contributed by atoms with Crippen LogP contribution in [0.5, 0.6) is 0 Å². The van der Waals surface area contributed by atoms with E-state index in [4.69, 9.17) is 0 Å². The summed E-state index contributed by atoms with van der Waals surface area (Å²) in [7, 11) is 3.50. The second-order valence-corrected chi connectivity index (χ2v) is 9.45. The summed E-state index contributed by atoms with van der Waals surface area (Å²) in [5.41, 5.74) is 3.26. The summed E-state index contributed by atoms with van der Waals surface area (Å²) >= 11 is 2.80. The van der Waals surface area contributed by atoms with Gasteiger partial charge in [-0.1, -0.05) is 71.9 Å². The first kappa shape index (κ1) is 21.3. The van der Waals surface area contributed by atoms with Gasteiger partial charge in [-0.15, -0.1) is 11.3 Å². The van der Waals surface area contributed by atoms with Crippen LogP contribution in [0.25, 0.3) is 20.7 Å². The number of carbonyl (C=O) groups excluding carboxylic acids is 1. The lowest BCUT2D eigenvalue weighted by Gasteiger charge is -2.17. The number of thioether (sulfide) groups is 1. The molecule has 4 aromatic rings. The van der Waals surface area contributed by atoms with E-state index < -0.39 is 0 Å². The molecular weight excluding hydrogens is 426 g/mol. The van der Waals surface area contributed by atoms with Crippen molar-refractivity contribution in [1.82, 2.24) is 14.5 Å². The number of thiophene rings is 1. The molecule has 1 amide bonds. The molecule has 0 N–H and O–H groups in total. The summed E-state index contributed by atoms with van der Waals surface area (Å²) in [5, 5.41) is 1.16. The minimum absolute atomic E-state index is 0.00363. The Balaban J connectivity index is 1.50. The first-order valence-corrected chi connectivity index (χ1v) is 11.7. The molecule has 0 fully saturated rings. The number of nitrogens with zero attached hydrogens (tertiary/aromatic N) is 3. The van der Waals surface area contributed by atoms with E-state index in [0.29, 0.717) is 21.9 Å². The third kappa shape index (κ3) is 4.73. The highest BCUT2D eigenvalue weighted by molar-refractivity contribution is 7.99. The van der Waals surface area contributed by atoms with Crippen LogP contribution in [-0.4, -0.2) is 33.2 Å². The van der Waals surface area contributed by atoms with Crippen molar-refractivity contribution < 1.29 is 4.79 Å². The predicted octanol–water partition coefficient (Wildman–Crippen LogP) is 4.72. The van der Waals surface area contributed by atoms with Crippen LogP contribution in [0.4, 0.5) is 0 Å². The van der Waals surface area contributed by atoms with E-state index in [2.05, 4.69) is 4.98 Å². The Hall–Kier alpha value is -2.90. The fourth-order valence-electron chi connectivity index (χ4n) is 3.21. The highest BCUT2D eigenvalue weighted by atomic mass is 32.2. The molecule has 5 nitrogen and oxygen atoms in total. The van der Waals surface area contributed by atoms with Gasteiger partial charge in [-0.25, -0.2) is 4.98 Å². The van der Waals surface area contributed by atoms with Crippen molar-refractivity contribution in [3.8, 4) is 10.4 Å². The maximum absolute atomic E-state index is 12.9. The van der Waals surface area contributed by atoms with Crippen molar-refractivity contribution in [3.63, 3.8) is 0 Å². The minimum Gasteiger partial charge on any atom is -0.341 e. The lowest BCUT2D eigenvalue weighted by Crippen LogP contribution is -2.28. The Labute approximate surface area is 189 Å². The fourth-order valence-corrected chi connectivity index (χ4v) is 5.20. The van der Waals surface area contributed by atoms with E-state index in [0.717, 1.165) is 16.0 Å². The van der Waals surface area contributed by atoms with Crippen LogP contribution in [0.15, 0.2) is 70.6 Å². The zero-order chi connectivity index (χ0) is 22.0. The quantitative estimate of drug-likeness (QED) is 0.316. The third-order valence-electron chi connectivity index (χ3n) is 5.08. The number of amides is 1. The van der Waals surface area contributed by atoms with Gasteiger partial charge in [0.2, 0.25) is 5.91 Å². The lowest BCUT2D eigenvalue weighted by atomic mass is 10.1. The van der Waals surface area contributed by atoms with Crippen LogP contribution >= 0.6 is 23.1 Å². The molecule has 0 bridgehead atoms. The second kappa shape index (κ2) is 9.08. The predicted molar refractivity (Wildman–Crippen MR) is 129 cm³/mol. The van der Waals surface area contributed by atoms with Gasteiger partial charge in [-0.2, -0.15) is 0 Å². The summed E-state index contributed by atoms with van der Waals surface area (Å²) in [6.45, 7) is 2.59. The average Bonchev–Trinajstić information content (AvgIpc) is 3.21. The Bertz CT molecular complexity index is 1280. The normalized spacial score (nSPS) is 11.1. The second-order valence-electron chi connectivity index (χ2n) is 7.48. The smallest absolute Gasteiger partial charge is 0.262 e. The number of aryl methyl sites for hydroxylation is 1. The molecule has 0 aliphatic carbocycles. The highest BCUT2D eigenvalue weighted by Crippen LogP contribution is 2.31. The minimum atomic E-state index is -0.0913. The van der Waals surface area contributed by atoms with Crippen molar-refractivity contribution >= 4 is 39.2 Å². The molecule has 158 valence electrons. The van der Waals surface area contributed by atoms with Crippen molar-refractivity contribution in [2.24, 2.45) is 7.05 Å². The van der Waals surface area contributed by atoms with E-state index in [1.807, 2.05) is 67.6 Å². The highest BCUT2D eigenvalue weighted by Gasteiger charge is 2.16. The first-order valence-electron chi connectivity index (χ1n) is 9.90. The molecule has 0 atom stereocenters. The molecule has 0 spiro atoms. The van der Waals surface area contributed by atoms with Gasteiger partial charge in [0.15, 0.2) is 5.16 Å². The van der Waals surface area contributed by atoms with Crippen molar-refractivity contribution in [1.29, 1.82) is 0 Å². The molecule has 2 aromatic heterocycles. The van der Waals surface area contributed by atoms with Gasteiger partial charge in [0, 0.05) is 25.5 Å². The van der Waals surface area contributed by atoms with Crippen LogP contribution in [0, 0.1) is 6.92 Å². The van der Waals surface area contributed by atoms with E-state index >= 15 is 0 Å². The van der Waals surface area contributed by atoms with Crippen LogP contribution < -0.4 is 5.56 Å². The number of aromatic nitrogens is 2. The molecule has 0 aliphatic rings. The van der Waals surface area contributed by atoms with Gasteiger partial charge in [-0.3, -0.25) is 14.2 Å². The van der Waals surface area contributed by atoms with Gasteiger partial charge >= 0.3 is 0 Å². The molecule has 7 heteroatoms. The fraction of sp³-hybridized carbons (Fsp3) is 0.208. The van der Waals surface area contributed by atoms with Gasteiger partial charge < -0.3 is 4.90 Å². The zero-order valence-electron chi connectivity index (χ0n) is 17.7. The molecule has 2 heterocycles. The monoisotopic (exact) mass is 449 g/mol. The lowest BCUT2D eigenvalue weighted by molar-refractivity contribution is -0.127. The van der Waals surface area contributed by atoms with Gasteiger partial charge in [-0.05, 0) is 24.1 Å². The number of benzene rings is 2. The van der Waals surface area contributed by atoms with Crippen LogP contribution in [0.2, 0.25) is 0 Å². The summed E-state index contributed by atoms with van der Waals surface area (Å²) in [6, 6.07) is 20.0. The van der Waals surface area contributed by atoms with Gasteiger partial charge in [0.1, 0.15) is 4.83 Å². The summed E-state index contributed by atoms with van der Waals surface area (Å²) < 4.78 is 1.53. The van der Waals surface area contributed by atoms with E-state index in [1.54, 1.807) is 19.0 Å². The summed E-state index contributed by atoms with van der Waals surface area (Å²) in [5.74, 6) is 0.224. The first-order chi connectivity index (χ1) is 14.9. The molecule has 0 aliphatic heterocycles. The third-order valence-corrected chi connectivity index (χ3v) is 7.17. The Morgan fingerprint density at radius 1 is 1.13 bits per heavy atom. The summed E-state index contributed by atoms with van der Waals surface area (Å²) in [6.07, 6.45) is 0. The van der Waals surface area contributed by atoms with Crippen LogP contribution in [0.3, 0.4) is 0 Å². The van der Waals surface area contributed by atoms with Gasteiger partial charge in [0.05, 0.1) is 11.1 Å². The zero-order valence-corrected chi connectivity index (χ0v) is 19.3. The number of hydrogen-bond donors (Lipinski definition) is 0. The molecule has 2 aromatic carbocycles. The molecule has 0 saturated heterocycles. The molecule has 4 rings (SSSR count). The summed E-state index contributed by atoms with van der Waals surface area (Å²) in [4.78, 5) is 33.6. The largest absolute Gasteiger partial charge is 0.341 e. The Kier molecular flexibility index (Phi) is 6.25. The molecule has 0 radical (unpaired) electrons. The van der Waals surface area contributed by atoms with E-state index in [-0.39, 0.29) is 17.2 Å². The number of hydrogen-bond acceptors (Lipinski definition) is 5. The maximum Gasteiger partial charge on any atom is 0.262 e. The molecular formula is C24H23N3O2S2. The van der Waals surface area contributed by atoms with Crippen LogP contribution in [-0.2, 0) is 18.4 Å².